The number of hydrogen-bond acceptors (Lipinski definition) is 2. The van der Waals surface area contributed by atoms with E-state index in [0.29, 0.717) is 6.54 Å². The highest BCUT2D eigenvalue weighted by Crippen LogP contribution is 2.19. The molecule has 1 N–H and O–H groups in total. The first-order valence-corrected chi connectivity index (χ1v) is 6.00. The number of rotatable bonds is 3. The molecule has 2 nitrogen and oxygen atoms in total. The quantitative estimate of drug-likeness (QED) is 0.908. The highest BCUT2D eigenvalue weighted by molar-refractivity contribution is 9.10. The minimum Gasteiger partial charge on any atom is -0.452 e. The summed E-state index contributed by atoms with van der Waals surface area (Å²) in [5.41, 5.74) is 3.66. The van der Waals surface area contributed by atoms with Crippen LogP contribution in [0.2, 0.25) is 0 Å². The molecule has 1 aromatic heterocycles. The van der Waals surface area contributed by atoms with Gasteiger partial charge in [-0.15, -0.1) is 0 Å². The predicted molar refractivity (Wildman–Crippen MR) is 69.7 cm³/mol. The third kappa shape index (κ3) is 2.67. The molecule has 0 aliphatic heterocycles. The van der Waals surface area contributed by atoms with Crippen molar-refractivity contribution in [3.8, 4) is 0 Å². The normalized spacial score (nSPS) is 10.4. The van der Waals surface area contributed by atoms with Crippen LogP contribution < -0.4 is 5.32 Å². The van der Waals surface area contributed by atoms with Gasteiger partial charge in [0.25, 0.3) is 0 Å². The van der Waals surface area contributed by atoms with Crippen molar-refractivity contribution in [2.24, 2.45) is 0 Å². The number of aryl methyl sites for hydroxylation is 2. The van der Waals surface area contributed by atoms with E-state index < -0.39 is 0 Å². The molecule has 1 heterocycles. The van der Waals surface area contributed by atoms with Gasteiger partial charge in [0.05, 0.1) is 6.54 Å². The second-order valence-corrected chi connectivity index (χ2v) is 4.66. The van der Waals surface area contributed by atoms with Gasteiger partial charge in [0, 0.05) is 5.69 Å². The molecular formula is C13H14BrNO. The zero-order valence-electron chi connectivity index (χ0n) is 9.38. The van der Waals surface area contributed by atoms with E-state index in [1.165, 1.54) is 11.1 Å². The summed E-state index contributed by atoms with van der Waals surface area (Å²) in [6.07, 6.45) is 0. The maximum absolute atomic E-state index is 5.43. The summed E-state index contributed by atoms with van der Waals surface area (Å²) in [5, 5.41) is 3.37. The Hall–Kier alpha value is -1.22. The van der Waals surface area contributed by atoms with Crippen molar-refractivity contribution >= 4 is 21.6 Å². The standard InChI is InChI=1S/C13H14BrNO/c1-9-3-4-10(2)12(7-9)15-8-11-5-6-13(14)16-11/h3-7,15H,8H2,1-2H3. The largest absolute Gasteiger partial charge is 0.452 e. The number of halogens is 1. The fourth-order valence-corrected chi connectivity index (χ4v) is 1.90. The van der Waals surface area contributed by atoms with E-state index in [4.69, 9.17) is 4.42 Å². The molecule has 0 aliphatic rings. The molecule has 0 saturated carbocycles. The minimum atomic E-state index is 0.704. The molecule has 0 saturated heterocycles. The third-order valence-electron chi connectivity index (χ3n) is 2.47. The lowest BCUT2D eigenvalue weighted by atomic mass is 10.1. The Bertz CT molecular complexity index is 490. The van der Waals surface area contributed by atoms with Crippen LogP contribution in [0.1, 0.15) is 16.9 Å². The molecule has 84 valence electrons. The van der Waals surface area contributed by atoms with Gasteiger partial charge in [-0.25, -0.2) is 0 Å². The molecule has 16 heavy (non-hydrogen) atoms. The first kappa shape index (κ1) is 11.3. The van der Waals surface area contributed by atoms with Crippen LogP contribution in [0.4, 0.5) is 5.69 Å². The average molecular weight is 280 g/mol. The number of furan rings is 1. The van der Waals surface area contributed by atoms with Crippen molar-refractivity contribution in [2.75, 3.05) is 5.32 Å². The van der Waals surface area contributed by atoms with Crippen molar-refractivity contribution in [3.05, 3.63) is 51.9 Å². The molecule has 0 aliphatic carbocycles. The van der Waals surface area contributed by atoms with Crippen molar-refractivity contribution in [1.82, 2.24) is 0 Å². The van der Waals surface area contributed by atoms with E-state index in [1.807, 2.05) is 12.1 Å². The van der Waals surface area contributed by atoms with Crippen LogP contribution in [0, 0.1) is 13.8 Å². The first-order chi connectivity index (χ1) is 7.65. The molecule has 0 bridgehead atoms. The van der Waals surface area contributed by atoms with E-state index in [9.17, 15) is 0 Å². The van der Waals surface area contributed by atoms with Gasteiger partial charge in [0.1, 0.15) is 5.76 Å². The van der Waals surface area contributed by atoms with Crippen LogP contribution in [0.5, 0.6) is 0 Å². The fraction of sp³-hybridized carbons (Fsp3) is 0.231. The van der Waals surface area contributed by atoms with Gasteiger partial charge >= 0.3 is 0 Å². The molecule has 0 unspecified atom stereocenters. The summed E-state index contributed by atoms with van der Waals surface area (Å²) in [7, 11) is 0. The number of benzene rings is 1. The Kier molecular flexibility index (Phi) is 3.34. The summed E-state index contributed by atoms with van der Waals surface area (Å²) in [6, 6.07) is 10.2. The molecule has 3 heteroatoms. The highest BCUT2D eigenvalue weighted by Gasteiger charge is 2.01. The fourth-order valence-electron chi connectivity index (χ4n) is 1.56. The van der Waals surface area contributed by atoms with Crippen LogP contribution in [-0.4, -0.2) is 0 Å². The lowest BCUT2D eigenvalue weighted by Gasteiger charge is -2.08. The molecule has 2 aromatic rings. The molecule has 0 spiro atoms. The monoisotopic (exact) mass is 279 g/mol. The maximum atomic E-state index is 5.43. The van der Waals surface area contributed by atoms with Gasteiger partial charge in [-0.05, 0) is 59.1 Å². The molecule has 0 fully saturated rings. The number of anilines is 1. The molecule has 0 radical (unpaired) electrons. The smallest absolute Gasteiger partial charge is 0.169 e. The van der Waals surface area contributed by atoms with Crippen molar-refractivity contribution in [1.29, 1.82) is 0 Å². The zero-order valence-corrected chi connectivity index (χ0v) is 11.0. The summed E-state index contributed by atoms with van der Waals surface area (Å²) in [6.45, 7) is 4.89. The Morgan fingerprint density at radius 3 is 2.69 bits per heavy atom. The Labute approximate surface area is 104 Å². The van der Waals surface area contributed by atoms with E-state index >= 15 is 0 Å². The van der Waals surface area contributed by atoms with Crippen LogP contribution in [0.15, 0.2) is 39.4 Å². The lowest BCUT2D eigenvalue weighted by molar-refractivity contribution is 0.495. The van der Waals surface area contributed by atoms with E-state index in [1.54, 1.807) is 0 Å². The van der Waals surface area contributed by atoms with Gasteiger partial charge in [0.15, 0.2) is 4.67 Å². The molecule has 0 amide bonds. The first-order valence-electron chi connectivity index (χ1n) is 5.20. The van der Waals surface area contributed by atoms with E-state index in [2.05, 4.69) is 53.3 Å². The molecule has 2 rings (SSSR count). The maximum Gasteiger partial charge on any atom is 0.169 e. The van der Waals surface area contributed by atoms with Crippen LogP contribution in [0.25, 0.3) is 0 Å². The van der Waals surface area contributed by atoms with Gasteiger partial charge in [-0.3, -0.25) is 0 Å². The Balaban J connectivity index is 2.07. The van der Waals surface area contributed by atoms with Crippen LogP contribution in [-0.2, 0) is 6.54 Å². The summed E-state index contributed by atoms with van der Waals surface area (Å²) in [4.78, 5) is 0. The summed E-state index contributed by atoms with van der Waals surface area (Å²) >= 11 is 3.29. The van der Waals surface area contributed by atoms with Crippen LogP contribution >= 0.6 is 15.9 Å². The lowest BCUT2D eigenvalue weighted by Crippen LogP contribution is -2.00. The number of nitrogens with one attached hydrogen (secondary N) is 1. The summed E-state index contributed by atoms with van der Waals surface area (Å²) < 4.78 is 6.20. The predicted octanol–water partition coefficient (Wildman–Crippen LogP) is 4.27. The highest BCUT2D eigenvalue weighted by atomic mass is 79.9. The van der Waals surface area contributed by atoms with E-state index in [-0.39, 0.29) is 0 Å². The second kappa shape index (κ2) is 4.74. The molecule has 1 aromatic carbocycles. The van der Waals surface area contributed by atoms with Crippen molar-refractivity contribution < 1.29 is 4.42 Å². The van der Waals surface area contributed by atoms with E-state index in [0.717, 1.165) is 16.1 Å². The van der Waals surface area contributed by atoms with Crippen molar-refractivity contribution in [3.63, 3.8) is 0 Å². The SMILES string of the molecule is Cc1ccc(C)c(NCc2ccc(Br)o2)c1. The van der Waals surface area contributed by atoms with Crippen LogP contribution in [0.3, 0.4) is 0 Å². The second-order valence-electron chi connectivity index (χ2n) is 3.88. The molecular weight excluding hydrogens is 266 g/mol. The van der Waals surface area contributed by atoms with Crippen molar-refractivity contribution in [2.45, 2.75) is 20.4 Å². The Morgan fingerprint density at radius 1 is 1.19 bits per heavy atom. The summed E-state index contributed by atoms with van der Waals surface area (Å²) in [5.74, 6) is 0.924. The molecule has 0 atom stereocenters. The minimum absolute atomic E-state index is 0.704. The number of hydrogen-bond donors (Lipinski definition) is 1. The van der Waals surface area contributed by atoms with Gasteiger partial charge in [-0.2, -0.15) is 0 Å². The van der Waals surface area contributed by atoms with Gasteiger partial charge in [0.2, 0.25) is 0 Å². The van der Waals surface area contributed by atoms with Gasteiger partial charge < -0.3 is 9.73 Å². The topological polar surface area (TPSA) is 25.2 Å². The Morgan fingerprint density at radius 2 is 2.00 bits per heavy atom. The average Bonchev–Trinajstić information content (AvgIpc) is 2.66. The van der Waals surface area contributed by atoms with Gasteiger partial charge in [-0.1, -0.05) is 12.1 Å². The zero-order chi connectivity index (χ0) is 11.5. The third-order valence-corrected chi connectivity index (χ3v) is 2.90.